The number of nitrogens with zero attached hydrogens (tertiary/aromatic N) is 3. The molecular weight excluding hydrogens is 256 g/mol. The van der Waals surface area contributed by atoms with Gasteiger partial charge in [0.05, 0.1) is 11.9 Å². The van der Waals surface area contributed by atoms with E-state index in [1.165, 1.54) is 0 Å². The first-order valence-electron chi connectivity index (χ1n) is 6.72. The maximum Gasteiger partial charge on any atom is 0.303 e. The molecule has 104 valence electrons. The van der Waals surface area contributed by atoms with Crippen LogP contribution in [0.2, 0.25) is 0 Å². The minimum atomic E-state index is -0.746. The summed E-state index contributed by atoms with van der Waals surface area (Å²) in [6, 6.07) is 7.53. The van der Waals surface area contributed by atoms with Crippen LogP contribution < -0.4 is 5.32 Å². The summed E-state index contributed by atoms with van der Waals surface area (Å²) in [7, 11) is 0. The molecule has 1 aliphatic rings. The van der Waals surface area contributed by atoms with Gasteiger partial charge in [-0.2, -0.15) is 0 Å². The Labute approximate surface area is 116 Å². The normalized spacial score (nSPS) is 16.6. The maximum absolute atomic E-state index is 10.9. The number of carbonyl (C=O) groups is 1. The smallest absolute Gasteiger partial charge is 0.303 e. The number of carboxylic acid groups (broad SMARTS) is 1. The predicted molar refractivity (Wildman–Crippen MR) is 74.4 cm³/mol. The van der Waals surface area contributed by atoms with Crippen molar-refractivity contribution in [2.24, 2.45) is 5.41 Å². The molecule has 2 aromatic rings. The third-order valence-corrected chi connectivity index (χ3v) is 3.92. The number of anilines is 1. The first-order valence-corrected chi connectivity index (χ1v) is 6.72. The van der Waals surface area contributed by atoms with Gasteiger partial charge in [0.1, 0.15) is 5.52 Å². The van der Waals surface area contributed by atoms with Gasteiger partial charge in [0.2, 0.25) is 5.95 Å². The van der Waals surface area contributed by atoms with E-state index >= 15 is 0 Å². The van der Waals surface area contributed by atoms with Crippen molar-refractivity contribution in [2.45, 2.75) is 25.7 Å². The molecule has 2 N–H and O–H groups in total. The molecule has 6 heteroatoms. The molecular formula is C14H16N4O2. The van der Waals surface area contributed by atoms with Crippen LogP contribution in [0.4, 0.5) is 5.95 Å². The Balaban J connectivity index is 1.71. The summed E-state index contributed by atoms with van der Waals surface area (Å²) in [6.45, 7) is 0.583. The molecule has 0 amide bonds. The van der Waals surface area contributed by atoms with E-state index in [9.17, 15) is 4.79 Å². The number of para-hydroxylation sites is 1. The van der Waals surface area contributed by atoms with E-state index in [4.69, 9.17) is 5.11 Å². The van der Waals surface area contributed by atoms with Gasteiger partial charge in [-0.1, -0.05) is 18.6 Å². The molecule has 1 saturated carbocycles. The van der Waals surface area contributed by atoms with Crippen LogP contribution in [0.1, 0.15) is 25.7 Å². The summed E-state index contributed by atoms with van der Waals surface area (Å²) in [5, 5.41) is 20.2. The van der Waals surface area contributed by atoms with Crippen molar-refractivity contribution in [1.82, 2.24) is 15.2 Å². The number of aromatic nitrogens is 3. The average molecular weight is 272 g/mol. The third-order valence-electron chi connectivity index (χ3n) is 3.92. The van der Waals surface area contributed by atoms with Crippen LogP contribution in [-0.4, -0.2) is 32.8 Å². The standard InChI is InChI=1S/C14H16N4O2/c19-12(20)8-14(6-3-7-14)9-15-13-16-10-4-1-2-5-11(10)17-18-13/h1-2,4-5H,3,6-9H2,(H,19,20)(H,15,16,18). The van der Waals surface area contributed by atoms with Crippen LogP contribution in [0.5, 0.6) is 0 Å². The molecule has 1 heterocycles. The molecule has 1 fully saturated rings. The first kappa shape index (κ1) is 12.8. The van der Waals surface area contributed by atoms with Crippen LogP contribution in [0.15, 0.2) is 24.3 Å². The minimum absolute atomic E-state index is 0.152. The largest absolute Gasteiger partial charge is 0.481 e. The molecule has 0 aliphatic heterocycles. The lowest BCUT2D eigenvalue weighted by molar-refractivity contribution is -0.141. The zero-order valence-corrected chi connectivity index (χ0v) is 11.0. The molecule has 0 spiro atoms. The van der Waals surface area contributed by atoms with Crippen molar-refractivity contribution in [3.05, 3.63) is 24.3 Å². The summed E-state index contributed by atoms with van der Waals surface area (Å²) < 4.78 is 0. The lowest BCUT2D eigenvalue weighted by atomic mass is 9.66. The van der Waals surface area contributed by atoms with Crippen LogP contribution in [-0.2, 0) is 4.79 Å². The van der Waals surface area contributed by atoms with E-state index in [-0.39, 0.29) is 11.8 Å². The molecule has 6 nitrogen and oxygen atoms in total. The van der Waals surface area contributed by atoms with Crippen molar-refractivity contribution < 1.29 is 9.90 Å². The number of hydrogen-bond acceptors (Lipinski definition) is 5. The summed E-state index contributed by atoms with van der Waals surface area (Å²) >= 11 is 0. The second-order valence-electron chi connectivity index (χ2n) is 5.40. The zero-order chi connectivity index (χ0) is 14.0. The fourth-order valence-electron chi connectivity index (χ4n) is 2.64. The molecule has 1 aromatic heterocycles. The second kappa shape index (κ2) is 5.03. The highest BCUT2D eigenvalue weighted by molar-refractivity contribution is 5.74. The van der Waals surface area contributed by atoms with Gasteiger partial charge in [0.15, 0.2) is 0 Å². The summed E-state index contributed by atoms with van der Waals surface area (Å²) in [6.07, 6.45) is 3.16. The molecule has 1 aromatic carbocycles. The minimum Gasteiger partial charge on any atom is -0.481 e. The molecule has 20 heavy (non-hydrogen) atoms. The monoisotopic (exact) mass is 272 g/mol. The van der Waals surface area contributed by atoms with E-state index in [0.29, 0.717) is 12.5 Å². The number of benzene rings is 1. The predicted octanol–water partition coefficient (Wildman–Crippen LogP) is 2.08. The summed E-state index contributed by atoms with van der Waals surface area (Å²) in [5.41, 5.74) is 1.38. The molecule has 3 rings (SSSR count). The van der Waals surface area contributed by atoms with Gasteiger partial charge in [0, 0.05) is 6.54 Å². The number of fused-ring (bicyclic) bond motifs is 1. The van der Waals surface area contributed by atoms with Crippen molar-refractivity contribution in [3.8, 4) is 0 Å². The van der Waals surface area contributed by atoms with Gasteiger partial charge in [0.25, 0.3) is 0 Å². The molecule has 1 aliphatic carbocycles. The molecule has 0 unspecified atom stereocenters. The van der Waals surface area contributed by atoms with E-state index in [1.807, 2.05) is 24.3 Å². The number of rotatable bonds is 5. The van der Waals surface area contributed by atoms with Crippen LogP contribution in [0, 0.1) is 5.41 Å². The Morgan fingerprint density at radius 3 is 2.65 bits per heavy atom. The zero-order valence-electron chi connectivity index (χ0n) is 11.0. The van der Waals surface area contributed by atoms with E-state index in [2.05, 4.69) is 20.5 Å². The van der Waals surface area contributed by atoms with Crippen molar-refractivity contribution in [2.75, 3.05) is 11.9 Å². The fourth-order valence-corrected chi connectivity index (χ4v) is 2.64. The highest BCUT2D eigenvalue weighted by Gasteiger charge is 2.38. The lowest BCUT2D eigenvalue weighted by Gasteiger charge is -2.40. The topological polar surface area (TPSA) is 88.0 Å². The Hall–Kier alpha value is -2.24. The van der Waals surface area contributed by atoms with Crippen molar-refractivity contribution in [1.29, 1.82) is 0 Å². The molecule has 0 saturated heterocycles. The Bertz CT molecular complexity index is 640. The quantitative estimate of drug-likeness (QED) is 0.866. The summed E-state index contributed by atoms with van der Waals surface area (Å²) in [5.74, 6) is -0.288. The van der Waals surface area contributed by atoms with E-state index < -0.39 is 5.97 Å². The number of carboxylic acids is 1. The maximum atomic E-state index is 10.9. The van der Waals surface area contributed by atoms with Crippen molar-refractivity contribution >= 4 is 23.0 Å². The van der Waals surface area contributed by atoms with E-state index in [1.54, 1.807) is 0 Å². The Kier molecular flexibility index (Phi) is 3.22. The average Bonchev–Trinajstić information content (AvgIpc) is 2.41. The van der Waals surface area contributed by atoms with Crippen LogP contribution >= 0.6 is 0 Å². The Morgan fingerprint density at radius 1 is 1.25 bits per heavy atom. The van der Waals surface area contributed by atoms with Crippen LogP contribution in [0.25, 0.3) is 11.0 Å². The SMILES string of the molecule is O=C(O)CC1(CNc2nnc3ccccc3n2)CCC1. The number of nitrogens with one attached hydrogen (secondary N) is 1. The second-order valence-corrected chi connectivity index (χ2v) is 5.40. The highest BCUT2D eigenvalue weighted by Crippen LogP contribution is 2.43. The third kappa shape index (κ3) is 2.54. The number of hydrogen-bond donors (Lipinski definition) is 2. The number of aliphatic carboxylic acids is 1. The van der Waals surface area contributed by atoms with Gasteiger partial charge < -0.3 is 10.4 Å². The van der Waals surface area contributed by atoms with Gasteiger partial charge >= 0.3 is 5.97 Å². The van der Waals surface area contributed by atoms with E-state index in [0.717, 1.165) is 30.3 Å². The van der Waals surface area contributed by atoms with Crippen LogP contribution in [0.3, 0.4) is 0 Å². The van der Waals surface area contributed by atoms with Gasteiger partial charge in [-0.15, -0.1) is 10.2 Å². The Morgan fingerprint density at radius 2 is 2.00 bits per heavy atom. The fraction of sp³-hybridized carbons (Fsp3) is 0.429. The lowest BCUT2D eigenvalue weighted by Crippen LogP contribution is -2.38. The van der Waals surface area contributed by atoms with Gasteiger partial charge in [-0.05, 0) is 30.4 Å². The van der Waals surface area contributed by atoms with Gasteiger partial charge in [-0.3, -0.25) is 4.79 Å². The highest BCUT2D eigenvalue weighted by atomic mass is 16.4. The van der Waals surface area contributed by atoms with Gasteiger partial charge in [-0.25, -0.2) is 4.98 Å². The molecule has 0 radical (unpaired) electrons. The van der Waals surface area contributed by atoms with Crippen molar-refractivity contribution in [3.63, 3.8) is 0 Å². The molecule has 0 atom stereocenters. The first-order chi connectivity index (χ1) is 9.67. The summed E-state index contributed by atoms with van der Waals surface area (Å²) in [4.78, 5) is 15.3. The molecule has 0 bridgehead atoms.